The number of nitrogens with zero attached hydrogens (tertiary/aromatic N) is 3. The van der Waals surface area contributed by atoms with Gasteiger partial charge in [0.1, 0.15) is 23.5 Å². The van der Waals surface area contributed by atoms with Crippen LogP contribution in [0.4, 0.5) is 8.78 Å². The molecular formula is C27H37F2N5O3. The largest absolute Gasteiger partial charge is 0.345 e. The van der Waals surface area contributed by atoms with E-state index >= 15 is 0 Å². The predicted octanol–water partition coefficient (Wildman–Crippen LogP) is 3.38. The van der Waals surface area contributed by atoms with Crippen molar-refractivity contribution in [2.75, 3.05) is 13.1 Å². The molecule has 0 radical (unpaired) electrons. The molecule has 0 saturated carbocycles. The number of benzene rings is 1. The van der Waals surface area contributed by atoms with Crippen molar-refractivity contribution in [2.24, 2.45) is 15.4 Å². The standard InChI is InChI=1S/C27H37F2N5O3/c1-16-7-6-12-34(16)24(36)14-21(32-23(35)10-11-27(3,4)5)26(37)31-17(2)25-30-15-22(33-25)19-9-8-18(28)13-20(19)29/h8-9,13,16-17,21H,6-7,10-12,14-15H2,1-5H3,(H,31,37)(H,32,35)/t16-,17-,21-/m0/s1. The molecule has 1 fully saturated rings. The van der Waals surface area contributed by atoms with Crippen molar-refractivity contribution in [3.05, 3.63) is 35.4 Å². The summed E-state index contributed by atoms with van der Waals surface area (Å²) in [6, 6.07) is 1.64. The number of hydrogen-bond acceptors (Lipinski definition) is 5. The smallest absolute Gasteiger partial charge is 0.243 e. The minimum Gasteiger partial charge on any atom is -0.345 e. The Kier molecular flexibility index (Phi) is 9.15. The van der Waals surface area contributed by atoms with E-state index in [0.29, 0.717) is 18.7 Å². The summed E-state index contributed by atoms with van der Waals surface area (Å²) < 4.78 is 27.4. The average Bonchev–Trinajstić information content (AvgIpc) is 3.46. The highest BCUT2D eigenvalue weighted by Crippen LogP contribution is 2.21. The molecule has 3 amide bonds. The van der Waals surface area contributed by atoms with Crippen molar-refractivity contribution in [3.63, 3.8) is 0 Å². The first-order chi connectivity index (χ1) is 17.3. The van der Waals surface area contributed by atoms with Gasteiger partial charge in [0.05, 0.1) is 24.7 Å². The molecule has 37 heavy (non-hydrogen) atoms. The maximum atomic E-state index is 14.2. The maximum Gasteiger partial charge on any atom is 0.243 e. The third-order valence-electron chi connectivity index (χ3n) is 6.63. The lowest BCUT2D eigenvalue weighted by Crippen LogP contribution is -2.52. The Morgan fingerprint density at radius 2 is 1.92 bits per heavy atom. The van der Waals surface area contributed by atoms with Crippen molar-refractivity contribution in [1.82, 2.24) is 15.5 Å². The lowest BCUT2D eigenvalue weighted by molar-refractivity contribution is -0.136. The number of nitrogens with one attached hydrogen (secondary N) is 2. The van der Waals surface area contributed by atoms with E-state index in [2.05, 4.69) is 20.6 Å². The van der Waals surface area contributed by atoms with Crippen LogP contribution in [-0.2, 0) is 14.4 Å². The molecule has 8 nitrogen and oxygen atoms in total. The fourth-order valence-corrected chi connectivity index (χ4v) is 4.41. The first kappa shape index (κ1) is 28.4. The number of amides is 3. The highest BCUT2D eigenvalue weighted by atomic mass is 19.1. The third kappa shape index (κ3) is 7.90. The van der Waals surface area contributed by atoms with E-state index in [1.54, 1.807) is 11.8 Å². The van der Waals surface area contributed by atoms with E-state index in [0.717, 1.165) is 25.0 Å². The molecule has 3 atom stereocenters. The quantitative estimate of drug-likeness (QED) is 0.525. The lowest BCUT2D eigenvalue weighted by atomic mass is 9.90. The van der Waals surface area contributed by atoms with Gasteiger partial charge in [-0.25, -0.2) is 13.8 Å². The van der Waals surface area contributed by atoms with Crippen LogP contribution in [0.25, 0.3) is 0 Å². The monoisotopic (exact) mass is 517 g/mol. The zero-order valence-corrected chi connectivity index (χ0v) is 22.2. The minimum atomic E-state index is -1.05. The molecule has 10 heteroatoms. The summed E-state index contributed by atoms with van der Waals surface area (Å²) in [7, 11) is 0. The summed E-state index contributed by atoms with van der Waals surface area (Å²) in [5.41, 5.74) is 0.428. The number of halogens is 2. The number of amidine groups is 1. The van der Waals surface area contributed by atoms with Crippen molar-refractivity contribution in [2.45, 2.75) is 84.8 Å². The van der Waals surface area contributed by atoms with Gasteiger partial charge in [-0.1, -0.05) is 20.8 Å². The summed E-state index contributed by atoms with van der Waals surface area (Å²) in [6.07, 6.45) is 2.54. The summed E-state index contributed by atoms with van der Waals surface area (Å²) in [5, 5.41) is 5.53. The van der Waals surface area contributed by atoms with Gasteiger partial charge in [-0.2, -0.15) is 0 Å². The van der Waals surface area contributed by atoms with Crippen LogP contribution in [0, 0.1) is 17.0 Å². The number of hydrogen-bond donors (Lipinski definition) is 2. The van der Waals surface area contributed by atoms with Gasteiger partial charge < -0.3 is 15.5 Å². The number of aliphatic imine (C=N–C) groups is 2. The Morgan fingerprint density at radius 1 is 1.19 bits per heavy atom. The molecule has 2 heterocycles. The summed E-state index contributed by atoms with van der Waals surface area (Å²) in [4.78, 5) is 49.2. The molecule has 202 valence electrons. The van der Waals surface area contributed by atoms with E-state index < -0.39 is 29.6 Å². The molecular weight excluding hydrogens is 480 g/mol. The van der Waals surface area contributed by atoms with Crippen molar-refractivity contribution >= 4 is 29.3 Å². The molecule has 3 rings (SSSR count). The van der Waals surface area contributed by atoms with Crippen LogP contribution in [-0.4, -0.2) is 65.4 Å². The highest BCUT2D eigenvalue weighted by Gasteiger charge is 2.32. The van der Waals surface area contributed by atoms with Crippen LogP contribution < -0.4 is 10.6 Å². The molecule has 0 aliphatic carbocycles. The Balaban J connectivity index is 1.68. The van der Waals surface area contributed by atoms with Crippen LogP contribution in [0.1, 0.15) is 72.3 Å². The van der Waals surface area contributed by atoms with Crippen molar-refractivity contribution in [3.8, 4) is 0 Å². The fourth-order valence-electron chi connectivity index (χ4n) is 4.41. The van der Waals surface area contributed by atoms with Gasteiger partial charge in [0.15, 0.2) is 0 Å². The Hall–Kier alpha value is -3.17. The first-order valence-electron chi connectivity index (χ1n) is 12.8. The second-order valence-corrected chi connectivity index (χ2v) is 11.1. The number of likely N-dealkylation sites (tertiary alicyclic amines) is 1. The SMILES string of the molecule is C[C@H](NC(=O)[C@H](CC(=O)N1CCC[C@@H]1C)NC(=O)CCC(C)(C)C)C1=NCC(c2ccc(F)cc2F)=N1. The van der Waals surface area contributed by atoms with Crippen molar-refractivity contribution in [1.29, 1.82) is 0 Å². The Bertz CT molecular complexity index is 1100. The van der Waals surface area contributed by atoms with E-state index in [1.807, 2.05) is 27.7 Å². The van der Waals surface area contributed by atoms with Crippen LogP contribution in [0.5, 0.6) is 0 Å². The molecule has 0 bridgehead atoms. The molecule has 1 aromatic carbocycles. The highest BCUT2D eigenvalue weighted by molar-refractivity contribution is 6.14. The number of carbonyl (C=O) groups is 3. The molecule has 0 spiro atoms. The first-order valence-corrected chi connectivity index (χ1v) is 12.8. The summed E-state index contributed by atoms with van der Waals surface area (Å²) in [5.74, 6) is -2.13. The van der Waals surface area contributed by atoms with Gasteiger partial charge in [-0.05, 0) is 50.7 Å². The Morgan fingerprint density at radius 3 is 2.54 bits per heavy atom. The second kappa shape index (κ2) is 11.9. The van der Waals surface area contributed by atoms with Gasteiger partial charge in [0, 0.05) is 30.6 Å². The normalized spacial score (nSPS) is 19.2. The zero-order valence-electron chi connectivity index (χ0n) is 22.2. The third-order valence-corrected chi connectivity index (χ3v) is 6.63. The molecule has 0 unspecified atom stereocenters. The summed E-state index contributed by atoms with van der Waals surface area (Å²) in [6.45, 7) is 10.5. The number of carbonyl (C=O) groups excluding carboxylic acids is 3. The Labute approximate surface area is 217 Å². The molecule has 0 aromatic heterocycles. The predicted molar refractivity (Wildman–Crippen MR) is 138 cm³/mol. The average molecular weight is 518 g/mol. The van der Waals surface area contributed by atoms with E-state index in [9.17, 15) is 23.2 Å². The van der Waals surface area contributed by atoms with E-state index in [1.165, 1.54) is 6.07 Å². The lowest BCUT2D eigenvalue weighted by Gasteiger charge is -2.26. The minimum absolute atomic E-state index is 0.0509. The molecule has 2 aliphatic heterocycles. The van der Waals surface area contributed by atoms with Crippen LogP contribution in [0.3, 0.4) is 0 Å². The summed E-state index contributed by atoms with van der Waals surface area (Å²) >= 11 is 0. The van der Waals surface area contributed by atoms with Gasteiger partial charge >= 0.3 is 0 Å². The fraction of sp³-hybridized carbons (Fsp3) is 0.593. The van der Waals surface area contributed by atoms with Gasteiger partial charge in [0.25, 0.3) is 0 Å². The maximum absolute atomic E-state index is 14.2. The van der Waals surface area contributed by atoms with Gasteiger partial charge in [0.2, 0.25) is 17.7 Å². The molecule has 1 saturated heterocycles. The topological polar surface area (TPSA) is 103 Å². The van der Waals surface area contributed by atoms with Crippen LogP contribution in [0.15, 0.2) is 28.2 Å². The van der Waals surface area contributed by atoms with E-state index in [4.69, 9.17) is 0 Å². The molecule has 2 N–H and O–H groups in total. The van der Waals surface area contributed by atoms with Gasteiger partial charge in [-0.3, -0.25) is 19.4 Å². The molecule has 2 aliphatic rings. The number of rotatable bonds is 9. The van der Waals surface area contributed by atoms with Crippen LogP contribution in [0.2, 0.25) is 0 Å². The molecule has 1 aromatic rings. The van der Waals surface area contributed by atoms with Crippen molar-refractivity contribution < 1.29 is 23.2 Å². The zero-order chi connectivity index (χ0) is 27.3. The van der Waals surface area contributed by atoms with Gasteiger partial charge in [-0.15, -0.1) is 0 Å². The van der Waals surface area contributed by atoms with Crippen LogP contribution >= 0.6 is 0 Å². The van der Waals surface area contributed by atoms with E-state index in [-0.39, 0.29) is 54.1 Å². The second-order valence-electron chi connectivity index (χ2n) is 11.1.